The standard InChI is InChI=1S/C24H28P2/c1-23(2,19-13-7-5-8-14-19)25-21-17-11-12-18-22(21)26-24(3,4)20-15-9-6-10-16-20/h5-18,25-26H,1-4H3. The van der Waals surface area contributed by atoms with Crippen LogP contribution in [0.2, 0.25) is 0 Å². The molecule has 0 saturated heterocycles. The van der Waals surface area contributed by atoms with E-state index in [0.717, 1.165) is 17.2 Å². The molecule has 3 aromatic carbocycles. The zero-order valence-electron chi connectivity index (χ0n) is 16.1. The van der Waals surface area contributed by atoms with Crippen molar-refractivity contribution in [3.63, 3.8) is 0 Å². The molecule has 0 aliphatic carbocycles. The van der Waals surface area contributed by atoms with Gasteiger partial charge in [-0.05, 0) is 21.7 Å². The molecule has 0 fully saturated rings. The molecule has 2 heteroatoms. The van der Waals surface area contributed by atoms with Gasteiger partial charge in [-0.15, -0.1) is 0 Å². The average Bonchev–Trinajstić information content (AvgIpc) is 2.64. The zero-order chi connectivity index (χ0) is 18.6. The molecular formula is C24H28P2. The second kappa shape index (κ2) is 8.04. The summed E-state index contributed by atoms with van der Waals surface area (Å²) < 4.78 is 0. The van der Waals surface area contributed by atoms with Gasteiger partial charge in [0.05, 0.1) is 0 Å². The predicted molar refractivity (Wildman–Crippen MR) is 121 cm³/mol. The molecule has 0 N–H and O–H groups in total. The van der Waals surface area contributed by atoms with Crippen molar-refractivity contribution in [1.82, 2.24) is 0 Å². The Hall–Kier alpha value is -1.48. The zero-order valence-corrected chi connectivity index (χ0v) is 18.1. The SMILES string of the molecule is CC(C)(Pc1ccccc1PC(C)(C)c1ccccc1)c1ccccc1. The van der Waals surface area contributed by atoms with Crippen LogP contribution in [-0.2, 0) is 10.3 Å². The van der Waals surface area contributed by atoms with E-state index in [1.807, 2.05) is 0 Å². The summed E-state index contributed by atoms with van der Waals surface area (Å²) in [5, 5.41) is 3.31. The molecule has 134 valence electrons. The van der Waals surface area contributed by atoms with E-state index in [1.54, 1.807) is 0 Å². The van der Waals surface area contributed by atoms with Crippen molar-refractivity contribution >= 4 is 27.8 Å². The molecule has 0 heterocycles. The van der Waals surface area contributed by atoms with Crippen molar-refractivity contribution in [2.75, 3.05) is 0 Å². The smallest absolute Gasteiger partial charge is 0.0111 e. The Morgan fingerprint density at radius 1 is 0.462 bits per heavy atom. The van der Waals surface area contributed by atoms with Crippen LogP contribution in [0.3, 0.4) is 0 Å². The number of benzene rings is 3. The van der Waals surface area contributed by atoms with Gasteiger partial charge in [-0.3, -0.25) is 0 Å². The number of hydrogen-bond donors (Lipinski definition) is 0. The summed E-state index contributed by atoms with van der Waals surface area (Å²) >= 11 is 0. The van der Waals surface area contributed by atoms with Gasteiger partial charge < -0.3 is 0 Å². The fourth-order valence-electron chi connectivity index (χ4n) is 3.23. The number of hydrogen-bond acceptors (Lipinski definition) is 0. The highest BCUT2D eigenvalue weighted by Crippen LogP contribution is 2.44. The van der Waals surface area contributed by atoms with Gasteiger partial charge in [0.15, 0.2) is 0 Å². The molecule has 0 aromatic heterocycles. The Morgan fingerprint density at radius 2 is 0.769 bits per heavy atom. The van der Waals surface area contributed by atoms with Gasteiger partial charge in [0.1, 0.15) is 0 Å². The first kappa shape index (κ1) is 19.3. The molecule has 2 atom stereocenters. The summed E-state index contributed by atoms with van der Waals surface area (Å²) in [5.74, 6) is 0. The lowest BCUT2D eigenvalue weighted by molar-refractivity contribution is 0.776. The van der Waals surface area contributed by atoms with Crippen LogP contribution >= 0.6 is 17.2 Å². The van der Waals surface area contributed by atoms with Gasteiger partial charge in [-0.2, -0.15) is 0 Å². The highest BCUT2D eigenvalue weighted by Gasteiger charge is 2.25. The third-order valence-electron chi connectivity index (χ3n) is 4.81. The maximum Gasteiger partial charge on any atom is 0.0111 e. The molecule has 26 heavy (non-hydrogen) atoms. The van der Waals surface area contributed by atoms with E-state index < -0.39 is 0 Å². The molecule has 0 aliphatic rings. The van der Waals surface area contributed by atoms with Crippen molar-refractivity contribution in [3.05, 3.63) is 96.1 Å². The largest absolute Gasteiger partial charge is 0.0794 e. The minimum absolute atomic E-state index is 0.152. The van der Waals surface area contributed by atoms with E-state index in [4.69, 9.17) is 0 Å². The Balaban J connectivity index is 1.87. The van der Waals surface area contributed by atoms with E-state index in [-0.39, 0.29) is 10.3 Å². The molecule has 0 spiro atoms. The molecule has 0 nitrogen and oxygen atoms in total. The molecule has 0 amide bonds. The summed E-state index contributed by atoms with van der Waals surface area (Å²) in [7, 11) is 1.52. The van der Waals surface area contributed by atoms with E-state index in [2.05, 4.69) is 113 Å². The van der Waals surface area contributed by atoms with Crippen molar-refractivity contribution in [2.45, 2.75) is 38.0 Å². The lowest BCUT2D eigenvalue weighted by Gasteiger charge is -2.30. The van der Waals surface area contributed by atoms with Gasteiger partial charge in [-0.25, -0.2) is 0 Å². The summed E-state index contributed by atoms with van der Waals surface area (Å²) in [5.41, 5.74) is 2.83. The second-order valence-electron chi connectivity index (χ2n) is 7.78. The van der Waals surface area contributed by atoms with Gasteiger partial charge in [0, 0.05) is 10.3 Å². The van der Waals surface area contributed by atoms with Crippen LogP contribution in [0, 0.1) is 0 Å². The maximum absolute atomic E-state index is 2.36. The monoisotopic (exact) mass is 378 g/mol. The Kier molecular flexibility index (Phi) is 5.96. The molecule has 0 radical (unpaired) electrons. The van der Waals surface area contributed by atoms with Crippen molar-refractivity contribution in [2.24, 2.45) is 0 Å². The Bertz CT molecular complexity index is 764. The van der Waals surface area contributed by atoms with E-state index in [1.165, 1.54) is 21.7 Å². The molecule has 3 rings (SSSR count). The van der Waals surface area contributed by atoms with Crippen LogP contribution in [0.25, 0.3) is 0 Å². The van der Waals surface area contributed by atoms with Crippen LogP contribution in [0.15, 0.2) is 84.9 Å². The fourth-order valence-corrected chi connectivity index (χ4v) is 6.37. The summed E-state index contributed by atoms with van der Waals surface area (Å²) in [6.07, 6.45) is 0. The average molecular weight is 378 g/mol. The van der Waals surface area contributed by atoms with Crippen LogP contribution in [-0.4, -0.2) is 0 Å². The van der Waals surface area contributed by atoms with Crippen LogP contribution < -0.4 is 10.6 Å². The lowest BCUT2D eigenvalue weighted by atomic mass is 10.0. The van der Waals surface area contributed by atoms with Crippen LogP contribution in [0.4, 0.5) is 0 Å². The first-order valence-electron chi connectivity index (χ1n) is 9.15. The van der Waals surface area contributed by atoms with Gasteiger partial charge >= 0.3 is 0 Å². The lowest BCUT2D eigenvalue weighted by Crippen LogP contribution is -2.25. The first-order chi connectivity index (χ1) is 12.4. The summed E-state index contributed by atoms with van der Waals surface area (Å²) in [6.45, 7) is 9.46. The molecule has 0 saturated carbocycles. The third-order valence-corrected chi connectivity index (χ3v) is 8.30. The van der Waals surface area contributed by atoms with Crippen LogP contribution in [0.5, 0.6) is 0 Å². The minimum atomic E-state index is 0.152. The highest BCUT2D eigenvalue weighted by atomic mass is 31.1. The van der Waals surface area contributed by atoms with E-state index in [9.17, 15) is 0 Å². The molecule has 2 unspecified atom stereocenters. The van der Waals surface area contributed by atoms with E-state index in [0.29, 0.717) is 0 Å². The van der Waals surface area contributed by atoms with Gasteiger partial charge in [0.25, 0.3) is 0 Å². The summed E-state index contributed by atoms with van der Waals surface area (Å²) in [6, 6.07) is 30.8. The Labute approximate surface area is 162 Å². The summed E-state index contributed by atoms with van der Waals surface area (Å²) in [4.78, 5) is 0. The van der Waals surface area contributed by atoms with Crippen molar-refractivity contribution in [3.8, 4) is 0 Å². The van der Waals surface area contributed by atoms with Gasteiger partial charge in [0.2, 0.25) is 0 Å². The Morgan fingerprint density at radius 3 is 1.12 bits per heavy atom. The van der Waals surface area contributed by atoms with Crippen molar-refractivity contribution in [1.29, 1.82) is 0 Å². The maximum atomic E-state index is 2.36. The molecule has 3 aromatic rings. The normalized spacial score (nSPS) is 13.1. The second-order valence-corrected chi connectivity index (χ2v) is 11.9. The van der Waals surface area contributed by atoms with Gasteiger partial charge in [-0.1, -0.05) is 130 Å². The molecular weight excluding hydrogens is 350 g/mol. The van der Waals surface area contributed by atoms with Crippen molar-refractivity contribution < 1.29 is 0 Å². The fraction of sp³-hybridized carbons (Fsp3) is 0.250. The third kappa shape index (κ3) is 4.62. The minimum Gasteiger partial charge on any atom is -0.0794 e. The molecule has 0 bridgehead atoms. The highest BCUT2D eigenvalue weighted by molar-refractivity contribution is 7.55. The molecule has 0 aliphatic heterocycles. The first-order valence-corrected chi connectivity index (χ1v) is 11.1. The van der Waals surface area contributed by atoms with E-state index >= 15 is 0 Å². The topological polar surface area (TPSA) is 0 Å². The quantitative estimate of drug-likeness (QED) is 0.450. The predicted octanol–water partition coefficient (Wildman–Crippen LogP) is 6.16. The number of rotatable bonds is 6. The van der Waals surface area contributed by atoms with Crippen LogP contribution in [0.1, 0.15) is 38.8 Å².